The first-order chi connectivity index (χ1) is 4.35. The Labute approximate surface area is 55.3 Å². The summed E-state index contributed by atoms with van der Waals surface area (Å²) in [7, 11) is 0. The molecule has 1 radical (unpaired) electrons. The van der Waals surface area contributed by atoms with E-state index in [9.17, 15) is 4.79 Å². The van der Waals surface area contributed by atoms with Crippen molar-refractivity contribution in [1.29, 1.82) is 0 Å². The number of aliphatic hydroxyl groups excluding tert-OH is 1. The maximum Gasteiger partial charge on any atom is 0.213 e. The van der Waals surface area contributed by atoms with Crippen molar-refractivity contribution in [3.63, 3.8) is 0 Å². The van der Waals surface area contributed by atoms with Crippen molar-refractivity contribution >= 4 is 6.29 Å². The second-order valence-electron chi connectivity index (χ2n) is 1.74. The lowest BCUT2D eigenvalue weighted by molar-refractivity contribution is 0.217. The van der Waals surface area contributed by atoms with Gasteiger partial charge in [-0.15, -0.1) is 0 Å². The lowest BCUT2D eigenvalue weighted by Gasteiger charge is -2.13. The molecule has 0 fully saturated rings. The van der Waals surface area contributed by atoms with Crippen molar-refractivity contribution in [2.45, 2.75) is 6.92 Å². The zero-order valence-electron chi connectivity index (χ0n) is 5.63. The van der Waals surface area contributed by atoms with E-state index in [4.69, 9.17) is 5.11 Å². The Morgan fingerprint density at radius 2 is 2.33 bits per heavy atom. The summed E-state index contributed by atoms with van der Waals surface area (Å²) in [5.41, 5.74) is 0. The lowest BCUT2D eigenvalue weighted by Crippen LogP contribution is -2.28. The quantitative estimate of drug-likeness (QED) is 0.540. The molecule has 9 heavy (non-hydrogen) atoms. The van der Waals surface area contributed by atoms with Gasteiger partial charge in [-0.2, -0.15) is 0 Å². The summed E-state index contributed by atoms with van der Waals surface area (Å²) in [5, 5.41) is 8.42. The van der Waals surface area contributed by atoms with E-state index in [1.54, 1.807) is 6.29 Å². The topological polar surface area (TPSA) is 40.5 Å². The van der Waals surface area contributed by atoms with Crippen LogP contribution in [0, 0.1) is 0 Å². The first kappa shape index (κ1) is 8.59. The summed E-state index contributed by atoms with van der Waals surface area (Å²) in [6.45, 7) is 3.70. The SMILES string of the molecule is CCN(C[C]=O)CCO. The van der Waals surface area contributed by atoms with Crippen LogP contribution in [-0.2, 0) is 4.79 Å². The highest BCUT2D eigenvalue weighted by Gasteiger charge is 1.97. The van der Waals surface area contributed by atoms with E-state index in [1.807, 2.05) is 11.8 Å². The number of aliphatic hydroxyl groups is 1. The van der Waals surface area contributed by atoms with Gasteiger partial charge in [0.05, 0.1) is 13.2 Å². The molecule has 0 rings (SSSR count). The van der Waals surface area contributed by atoms with E-state index in [1.165, 1.54) is 0 Å². The molecule has 0 bridgehead atoms. The molecule has 3 heteroatoms. The van der Waals surface area contributed by atoms with Gasteiger partial charge in [0, 0.05) is 6.54 Å². The highest BCUT2D eigenvalue weighted by atomic mass is 16.3. The molecule has 0 atom stereocenters. The molecule has 3 nitrogen and oxygen atoms in total. The van der Waals surface area contributed by atoms with Gasteiger partial charge in [0.1, 0.15) is 0 Å². The molecule has 0 heterocycles. The Kier molecular flexibility index (Phi) is 5.46. The van der Waals surface area contributed by atoms with E-state index < -0.39 is 0 Å². The number of rotatable bonds is 5. The van der Waals surface area contributed by atoms with E-state index in [0.29, 0.717) is 13.1 Å². The maximum absolute atomic E-state index is 9.80. The largest absolute Gasteiger partial charge is 0.395 e. The van der Waals surface area contributed by atoms with Crippen LogP contribution in [0.15, 0.2) is 0 Å². The minimum atomic E-state index is 0.107. The van der Waals surface area contributed by atoms with Gasteiger partial charge in [-0.3, -0.25) is 9.69 Å². The fraction of sp³-hybridized carbons (Fsp3) is 0.833. The monoisotopic (exact) mass is 130 g/mol. The zero-order chi connectivity index (χ0) is 7.11. The number of carbonyl (C=O) groups excluding carboxylic acids is 1. The third-order valence-corrected chi connectivity index (χ3v) is 1.15. The molecule has 0 saturated heterocycles. The summed E-state index contributed by atoms with van der Waals surface area (Å²) in [6, 6.07) is 0. The minimum Gasteiger partial charge on any atom is -0.395 e. The van der Waals surface area contributed by atoms with Crippen molar-refractivity contribution in [3.05, 3.63) is 0 Å². The van der Waals surface area contributed by atoms with Crippen LogP contribution < -0.4 is 0 Å². The third kappa shape index (κ3) is 4.12. The number of hydrogen-bond acceptors (Lipinski definition) is 3. The molecule has 0 aromatic rings. The fourth-order valence-corrected chi connectivity index (χ4v) is 0.582. The molecule has 0 aromatic carbocycles. The molecule has 0 unspecified atom stereocenters. The second-order valence-corrected chi connectivity index (χ2v) is 1.74. The van der Waals surface area contributed by atoms with Crippen LogP contribution in [0.4, 0.5) is 0 Å². The van der Waals surface area contributed by atoms with Gasteiger partial charge in [-0.1, -0.05) is 6.92 Å². The number of hydrogen-bond donors (Lipinski definition) is 1. The zero-order valence-corrected chi connectivity index (χ0v) is 5.63. The van der Waals surface area contributed by atoms with Crippen molar-refractivity contribution in [2.75, 3.05) is 26.2 Å². The fourth-order valence-electron chi connectivity index (χ4n) is 0.582. The summed E-state index contributed by atoms with van der Waals surface area (Å²) in [4.78, 5) is 11.6. The molecule has 0 aromatic heterocycles. The summed E-state index contributed by atoms with van der Waals surface area (Å²) >= 11 is 0. The van der Waals surface area contributed by atoms with Gasteiger partial charge in [0.25, 0.3) is 0 Å². The highest BCUT2D eigenvalue weighted by Crippen LogP contribution is 1.81. The van der Waals surface area contributed by atoms with Gasteiger partial charge < -0.3 is 5.11 Å². The minimum absolute atomic E-state index is 0.107. The molecular weight excluding hydrogens is 118 g/mol. The molecule has 0 aliphatic heterocycles. The van der Waals surface area contributed by atoms with Crippen molar-refractivity contribution in [2.24, 2.45) is 0 Å². The van der Waals surface area contributed by atoms with Crippen molar-refractivity contribution in [1.82, 2.24) is 4.90 Å². The summed E-state index contributed by atoms with van der Waals surface area (Å²) in [6.07, 6.45) is 1.77. The summed E-state index contributed by atoms with van der Waals surface area (Å²) < 4.78 is 0. The first-order valence-electron chi connectivity index (χ1n) is 3.03. The molecule has 53 valence electrons. The smallest absolute Gasteiger partial charge is 0.213 e. The molecule has 1 N–H and O–H groups in total. The standard InChI is InChI=1S/C6H12NO2/c1-2-7(3-5-8)4-6-9/h8H,2-5H2,1H3. The number of nitrogens with zero attached hydrogens (tertiary/aromatic N) is 1. The Bertz CT molecular complexity index is 75.5. The molecule has 0 spiro atoms. The predicted molar refractivity (Wildman–Crippen MR) is 34.9 cm³/mol. The van der Waals surface area contributed by atoms with Gasteiger partial charge in [-0.05, 0) is 6.54 Å². The van der Waals surface area contributed by atoms with Gasteiger partial charge >= 0.3 is 0 Å². The Morgan fingerprint density at radius 1 is 1.67 bits per heavy atom. The van der Waals surface area contributed by atoms with Crippen LogP contribution in [-0.4, -0.2) is 42.5 Å². The van der Waals surface area contributed by atoms with Gasteiger partial charge in [0.15, 0.2) is 0 Å². The van der Waals surface area contributed by atoms with Gasteiger partial charge in [0.2, 0.25) is 6.29 Å². The van der Waals surface area contributed by atoms with E-state index in [-0.39, 0.29) is 6.61 Å². The van der Waals surface area contributed by atoms with E-state index >= 15 is 0 Å². The maximum atomic E-state index is 9.80. The van der Waals surface area contributed by atoms with E-state index in [0.717, 1.165) is 6.54 Å². The Balaban J connectivity index is 3.28. The highest BCUT2D eigenvalue weighted by molar-refractivity contribution is 5.52. The van der Waals surface area contributed by atoms with Gasteiger partial charge in [-0.25, -0.2) is 0 Å². The predicted octanol–water partition coefficient (Wildman–Crippen LogP) is -0.590. The van der Waals surface area contributed by atoms with Crippen molar-refractivity contribution < 1.29 is 9.90 Å². The molecule has 0 amide bonds. The third-order valence-electron chi connectivity index (χ3n) is 1.15. The Morgan fingerprint density at radius 3 is 2.67 bits per heavy atom. The van der Waals surface area contributed by atoms with Crippen molar-refractivity contribution in [3.8, 4) is 0 Å². The molecular formula is C6H12NO2. The van der Waals surface area contributed by atoms with Crippen LogP contribution in [0.2, 0.25) is 0 Å². The molecule has 0 saturated carbocycles. The van der Waals surface area contributed by atoms with Crippen LogP contribution in [0.3, 0.4) is 0 Å². The number of likely N-dealkylation sites (N-methyl/N-ethyl adjacent to an activating group) is 1. The van der Waals surface area contributed by atoms with Crippen LogP contribution >= 0.6 is 0 Å². The molecule has 0 aliphatic rings. The second kappa shape index (κ2) is 5.72. The average Bonchev–Trinajstić information content (AvgIpc) is 1.88. The van der Waals surface area contributed by atoms with Crippen LogP contribution in [0.1, 0.15) is 6.92 Å². The first-order valence-corrected chi connectivity index (χ1v) is 3.03. The molecule has 0 aliphatic carbocycles. The van der Waals surface area contributed by atoms with E-state index in [2.05, 4.69) is 0 Å². The van der Waals surface area contributed by atoms with Crippen LogP contribution in [0.25, 0.3) is 0 Å². The summed E-state index contributed by atoms with van der Waals surface area (Å²) in [5.74, 6) is 0. The van der Waals surface area contributed by atoms with Crippen LogP contribution in [0.5, 0.6) is 0 Å². The average molecular weight is 130 g/mol. The lowest BCUT2D eigenvalue weighted by atomic mass is 10.5. The Hall–Kier alpha value is -0.410. The normalized spacial score (nSPS) is 10.1.